The predicted octanol–water partition coefficient (Wildman–Crippen LogP) is 2.27. The average molecular weight is 284 g/mol. The van der Waals surface area contributed by atoms with Gasteiger partial charge in [0.25, 0.3) is 5.91 Å². The third kappa shape index (κ3) is 2.90. The van der Waals surface area contributed by atoms with Crippen molar-refractivity contribution in [2.24, 2.45) is 7.05 Å². The van der Waals surface area contributed by atoms with Crippen molar-refractivity contribution < 1.29 is 18.0 Å². The lowest BCUT2D eigenvalue weighted by molar-refractivity contribution is -0.136. The number of nitrogens with one attached hydrogen (secondary N) is 1. The van der Waals surface area contributed by atoms with Crippen molar-refractivity contribution in [1.29, 1.82) is 0 Å². The van der Waals surface area contributed by atoms with Crippen molar-refractivity contribution in [2.45, 2.75) is 6.18 Å². The second-order valence-electron chi connectivity index (χ2n) is 4.18. The van der Waals surface area contributed by atoms with Crippen molar-refractivity contribution in [3.8, 4) is 0 Å². The summed E-state index contributed by atoms with van der Waals surface area (Å²) in [5, 5.41) is 2.34. The van der Waals surface area contributed by atoms with Crippen LogP contribution in [0.5, 0.6) is 0 Å². The average Bonchev–Trinajstić information content (AvgIpc) is 2.77. The van der Waals surface area contributed by atoms with E-state index in [0.29, 0.717) is 0 Å². The zero-order valence-corrected chi connectivity index (χ0v) is 10.4. The number of aryl methyl sites for hydroxylation is 1. The van der Waals surface area contributed by atoms with Crippen LogP contribution in [0.25, 0.3) is 0 Å². The van der Waals surface area contributed by atoms with Crippen molar-refractivity contribution in [3.63, 3.8) is 0 Å². The number of halogens is 3. The molecule has 1 aromatic carbocycles. The molecule has 0 fully saturated rings. The lowest BCUT2D eigenvalue weighted by atomic mass is 10.1. The Morgan fingerprint density at radius 1 is 1.40 bits per heavy atom. The van der Waals surface area contributed by atoms with Gasteiger partial charge in [-0.05, 0) is 18.2 Å². The number of nitrogens with two attached hydrogens (primary N) is 1. The van der Waals surface area contributed by atoms with Crippen molar-refractivity contribution in [3.05, 3.63) is 42.0 Å². The molecule has 1 heterocycles. The normalized spacial score (nSPS) is 11.4. The van der Waals surface area contributed by atoms with Crippen molar-refractivity contribution in [2.75, 3.05) is 11.1 Å². The first-order valence-electron chi connectivity index (χ1n) is 5.53. The van der Waals surface area contributed by atoms with E-state index in [9.17, 15) is 18.0 Å². The monoisotopic (exact) mass is 284 g/mol. The van der Waals surface area contributed by atoms with Crippen LogP contribution in [-0.4, -0.2) is 15.5 Å². The van der Waals surface area contributed by atoms with Gasteiger partial charge in [-0.2, -0.15) is 13.2 Å². The number of rotatable bonds is 2. The van der Waals surface area contributed by atoms with Gasteiger partial charge >= 0.3 is 6.18 Å². The van der Waals surface area contributed by atoms with Crippen LogP contribution in [0.3, 0.4) is 0 Å². The zero-order chi connectivity index (χ0) is 14.9. The number of nitrogen functional groups attached to an aromatic ring is 1. The number of aromatic nitrogens is 2. The smallest absolute Gasteiger partial charge is 0.398 e. The largest absolute Gasteiger partial charge is 0.418 e. The van der Waals surface area contributed by atoms with Gasteiger partial charge < -0.3 is 15.6 Å². The van der Waals surface area contributed by atoms with Crippen LogP contribution in [-0.2, 0) is 13.2 Å². The molecule has 0 radical (unpaired) electrons. The van der Waals surface area contributed by atoms with E-state index in [2.05, 4.69) is 10.3 Å². The molecule has 0 bridgehead atoms. The van der Waals surface area contributed by atoms with Crippen LogP contribution < -0.4 is 11.1 Å². The maximum Gasteiger partial charge on any atom is 0.418 e. The molecule has 0 spiro atoms. The molecule has 0 saturated carbocycles. The maximum absolute atomic E-state index is 12.7. The predicted molar refractivity (Wildman–Crippen MR) is 67.0 cm³/mol. The Bertz CT molecular complexity index is 648. The van der Waals surface area contributed by atoms with Crippen LogP contribution in [0.4, 0.5) is 24.5 Å². The first kappa shape index (κ1) is 13.9. The number of carbonyl (C=O) groups is 1. The topological polar surface area (TPSA) is 72.9 Å². The highest BCUT2D eigenvalue weighted by Crippen LogP contribution is 2.35. The molecule has 20 heavy (non-hydrogen) atoms. The molecule has 106 valence electrons. The second-order valence-corrected chi connectivity index (χ2v) is 4.18. The number of carbonyl (C=O) groups excluding carboxylic acids is 1. The van der Waals surface area contributed by atoms with Crippen LogP contribution in [0, 0.1) is 0 Å². The summed E-state index contributed by atoms with van der Waals surface area (Å²) in [6.45, 7) is 0. The molecule has 0 aliphatic carbocycles. The molecule has 2 rings (SSSR count). The van der Waals surface area contributed by atoms with Crippen molar-refractivity contribution >= 4 is 17.3 Å². The van der Waals surface area contributed by atoms with Crippen LogP contribution in [0.15, 0.2) is 30.7 Å². The van der Waals surface area contributed by atoms with E-state index in [-0.39, 0.29) is 11.4 Å². The summed E-state index contributed by atoms with van der Waals surface area (Å²) >= 11 is 0. The fourth-order valence-electron chi connectivity index (χ4n) is 1.60. The maximum atomic E-state index is 12.7. The summed E-state index contributed by atoms with van der Waals surface area (Å²) in [7, 11) is 1.68. The molecule has 8 heteroatoms. The van der Waals surface area contributed by atoms with E-state index >= 15 is 0 Å². The Labute approximate surface area is 112 Å². The Balaban J connectivity index is 2.24. The molecular weight excluding hydrogens is 273 g/mol. The van der Waals surface area contributed by atoms with Crippen LogP contribution in [0.2, 0.25) is 0 Å². The van der Waals surface area contributed by atoms with Gasteiger partial charge in [-0.3, -0.25) is 4.79 Å². The number of benzene rings is 1. The molecule has 1 aromatic heterocycles. The van der Waals surface area contributed by atoms with Crippen molar-refractivity contribution in [1.82, 2.24) is 9.55 Å². The minimum absolute atomic E-state index is 0.00202. The van der Waals surface area contributed by atoms with Crippen LogP contribution in [0.1, 0.15) is 16.1 Å². The third-order valence-corrected chi connectivity index (χ3v) is 2.55. The zero-order valence-electron chi connectivity index (χ0n) is 10.4. The molecule has 0 saturated heterocycles. The summed E-state index contributed by atoms with van der Waals surface area (Å²) in [5.41, 5.74) is 4.00. The highest BCUT2D eigenvalue weighted by molar-refractivity contribution is 6.02. The number of alkyl halides is 3. The lowest BCUT2D eigenvalue weighted by Crippen LogP contribution is -2.14. The van der Waals surface area contributed by atoms with E-state index < -0.39 is 23.3 Å². The van der Waals surface area contributed by atoms with E-state index in [1.54, 1.807) is 11.6 Å². The van der Waals surface area contributed by atoms with Gasteiger partial charge in [0.05, 0.1) is 11.9 Å². The first-order chi connectivity index (χ1) is 9.27. The molecular formula is C12H11F3N4O. The van der Waals surface area contributed by atoms with Gasteiger partial charge in [-0.15, -0.1) is 0 Å². The number of nitrogens with zero attached hydrogens (tertiary/aromatic N) is 2. The Morgan fingerprint density at radius 2 is 2.10 bits per heavy atom. The van der Waals surface area contributed by atoms with Gasteiger partial charge in [0.2, 0.25) is 0 Å². The van der Waals surface area contributed by atoms with Gasteiger partial charge in [0, 0.05) is 24.6 Å². The third-order valence-electron chi connectivity index (χ3n) is 2.55. The minimum Gasteiger partial charge on any atom is -0.398 e. The molecule has 0 unspecified atom stereocenters. The number of imidazole rings is 1. The quantitative estimate of drug-likeness (QED) is 0.831. The van der Waals surface area contributed by atoms with E-state index in [1.807, 2.05) is 0 Å². The van der Waals surface area contributed by atoms with Gasteiger partial charge in [-0.1, -0.05) is 0 Å². The van der Waals surface area contributed by atoms with Gasteiger partial charge in [-0.25, -0.2) is 4.98 Å². The molecule has 3 N–H and O–H groups in total. The molecule has 1 amide bonds. The second kappa shape index (κ2) is 4.87. The van der Waals surface area contributed by atoms with E-state index in [0.717, 1.165) is 12.1 Å². The van der Waals surface area contributed by atoms with Gasteiger partial charge in [0.1, 0.15) is 5.69 Å². The van der Waals surface area contributed by atoms with Crippen LogP contribution >= 0.6 is 0 Å². The number of hydrogen-bond acceptors (Lipinski definition) is 3. The number of amides is 1. The highest BCUT2D eigenvalue weighted by atomic mass is 19.4. The van der Waals surface area contributed by atoms with E-state index in [4.69, 9.17) is 5.73 Å². The molecule has 0 atom stereocenters. The lowest BCUT2D eigenvalue weighted by Gasteiger charge is -2.12. The first-order valence-corrected chi connectivity index (χ1v) is 5.53. The highest BCUT2D eigenvalue weighted by Gasteiger charge is 2.33. The van der Waals surface area contributed by atoms with E-state index in [1.165, 1.54) is 18.6 Å². The Morgan fingerprint density at radius 3 is 2.65 bits per heavy atom. The molecule has 0 aliphatic rings. The Hall–Kier alpha value is -2.51. The summed E-state index contributed by atoms with van der Waals surface area (Å²) in [5.74, 6) is -0.594. The number of anilines is 2. The summed E-state index contributed by atoms with van der Waals surface area (Å²) < 4.78 is 39.6. The molecule has 0 aliphatic heterocycles. The Kier molecular flexibility index (Phi) is 3.39. The number of hydrogen-bond donors (Lipinski definition) is 2. The standard InChI is InChI=1S/C12H11F3N4O/c1-19-5-10(17-6-19)11(20)18-7-2-3-9(16)8(4-7)12(13,14)15/h2-6H,16H2,1H3,(H,18,20). The fourth-order valence-corrected chi connectivity index (χ4v) is 1.60. The minimum atomic E-state index is -4.57. The summed E-state index contributed by atoms with van der Waals surface area (Å²) in [4.78, 5) is 15.6. The summed E-state index contributed by atoms with van der Waals surface area (Å²) in [6.07, 6.45) is -1.70. The molecule has 5 nitrogen and oxygen atoms in total. The molecule has 2 aromatic rings. The summed E-state index contributed by atoms with van der Waals surface area (Å²) in [6, 6.07) is 3.18. The fraction of sp³-hybridized carbons (Fsp3) is 0.167. The SMILES string of the molecule is Cn1cnc(C(=O)Nc2ccc(N)c(C(F)(F)F)c2)c1. The van der Waals surface area contributed by atoms with Gasteiger partial charge in [0.15, 0.2) is 0 Å².